The van der Waals surface area contributed by atoms with Gasteiger partial charge in [-0.05, 0) is 25.0 Å². The number of fused-ring (bicyclic) bond motifs is 1. The number of hydrogen-bond donors (Lipinski definition) is 0. The monoisotopic (exact) mass is 404 g/mol. The van der Waals surface area contributed by atoms with Gasteiger partial charge in [-0.1, -0.05) is 41.0 Å². The van der Waals surface area contributed by atoms with Gasteiger partial charge in [0, 0.05) is 11.2 Å². The van der Waals surface area contributed by atoms with Gasteiger partial charge in [-0.15, -0.1) is 0 Å². The predicted octanol–water partition coefficient (Wildman–Crippen LogP) is 3.00. The molecule has 0 bridgehead atoms. The molecule has 0 spiro atoms. The van der Waals surface area contributed by atoms with E-state index in [1.807, 2.05) is 0 Å². The summed E-state index contributed by atoms with van der Waals surface area (Å²) in [5, 5.41) is 1.18. The number of nitrogens with zero attached hydrogens (tertiary/aromatic N) is 2. The van der Waals surface area contributed by atoms with Gasteiger partial charge in [0.2, 0.25) is 0 Å². The van der Waals surface area contributed by atoms with Crippen molar-refractivity contribution in [2.24, 2.45) is 10.9 Å². The molecule has 1 aromatic carbocycles. The highest BCUT2D eigenvalue weighted by molar-refractivity contribution is 8.16. The first-order valence-corrected chi connectivity index (χ1v) is 11.0. The van der Waals surface area contributed by atoms with E-state index in [9.17, 15) is 13.2 Å². The van der Waals surface area contributed by atoms with Crippen LogP contribution in [0.2, 0.25) is 10.0 Å². The van der Waals surface area contributed by atoms with E-state index in [2.05, 4.69) is 4.99 Å². The van der Waals surface area contributed by atoms with E-state index in [0.717, 1.165) is 12.8 Å². The van der Waals surface area contributed by atoms with Crippen molar-refractivity contribution < 1.29 is 13.2 Å². The van der Waals surface area contributed by atoms with Crippen LogP contribution in [0.1, 0.15) is 12.8 Å². The van der Waals surface area contributed by atoms with E-state index < -0.39 is 9.84 Å². The number of amides is 1. The standard InChI is InChI=1S/C15H14Cl2N2O3S2/c16-9-2-1-3-10(17)13(9)19-11-6-24(21,22)7-12(11)23-15(19)18-14(20)8-4-5-8/h1-3,8,11-12H,4-7H2/t11-,12-/m0/s1. The van der Waals surface area contributed by atoms with E-state index in [-0.39, 0.29) is 34.6 Å². The van der Waals surface area contributed by atoms with E-state index in [0.29, 0.717) is 20.9 Å². The van der Waals surface area contributed by atoms with Crippen LogP contribution < -0.4 is 4.90 Å². The second kappa shape index (κ2) is 5.90. The Morgan fingerprint density at radius 3 is 2.50 bits per heavy atom. The number of para-hydroxylation sites is 1. The van der Waals surface area contributed by atoms with Gasteiger partial charge in [-0.3, -0.25) is 4.79 Å². The molecule has 3 aliphatic rings. The Bertz CT molecular complexity index is 832. The maximum atomic E-state index is 12.1. The van der Waals surface area contributed by atoms with Gasteiger partial charge < -0.3 is 4.90 Å². The molecule has 9 heteroatoms. The van der Waals surface area contributed by atoms with Gasteiger partial charge >= 0.3 is 0 Å². The number of aliphatic imine (C=N–C) groups is 1. The molecule has 4 rings (SSSR count). The zero-order chi connectivity index (χ0) is 17.1. The number of rotatable bonds is 2. The molecule has 1 aliphatic carbocycles. The molecular weight excluding hydrogens is 391 g/mol. The van der Waals surface area contributed by atoms with Crippen LogP contribution in [0.25, 0.3) is 0 Å². The molecule has 128 valence electrons. The number of halogens is 2. The number of sulfone groups is 1. The number of carbonyl (C=O) groups is 1. The molecule has 24 heavy (non-hydrogen) atoms. The fraction of sp³-hybridized carbons (Fsp3) is 0.467. The second-order valence-corrected chi connectivity index (χ2v) is 10.4. The first kappa shape index (κ1) is 16.7. The van der Waals surface area contributed by atoms with Crippen LogP contribution >= 0.6 is 35.0 Å². The van der Waals surface area contributed by atoms with E-state index >= 15 is 0 Å². The molecule has 0 unspecified atom stereocenters. The molecule has 2 atom stereocenters. The largest absolute Gasteiger partial charge is 0.313 e. The number of hydrogen-bond acceptors (Lipinski definition) is 4. The normalized spacial score (nSPS) is 29.9. The van der Waals surface area contributed by atoms with Crippen LogP contribution in [0.15, 0.2) is 23.2 Å². The number of anilines is 1. The molecule has 2 aliphatic heterocycles. The quantitative estimate of drug-likeness (QED) is 0.757. The summed E-state index contributed by atoms with van der Waals surface area (Å²) >= 11 is 14.0. The van der Waals surface area contributed by atoms with Gasteiger partial charge in [0.25, 0.3) is 5.91 Å². The lowest BCUT2D eigenvalue weighted by atomic mass is 10.2. The Morgan fingerprint density at radius 1 is 1.21 bits per heavy atom. The highest BCUT2D eigenvalue weighted by Crippen LogP contribution is 2.46. The number of amidine groups is 1. The average molecular weight is 405 g/mol. The third-order valence-corrected chi connectivity index (χ3v) is 8.20. The predicted molar refractivity (Wildman–Crippen MR) is 97.9 cm³/mol. The zero-order valence-corrected chi connectivity index (χ0v) is 15.6. The lowest BCUT2D eigenvalue weighted by molar-refractivity contribution is -0.118. The summed E-state index contributed by atoms with van der Waals surface area (Å²) in [7, 11) is -3.12. The van der Waals surface area contributed by atoms with Crippen molar-refractivity contribution in [2.45, 2.75) is 24.1 Å². The molecule has 0 radical (unpaired) electrons. The van der Waals surface area contributed by atoms with Crippen molar-refractivity contribution in [1.29, 1.82) is 0 Å². The molecule has 1 amide bonds. The summed E-state index contributed by atoms with van der Waals surface area (Å²) in [6, 6.07) is 4.82. The minimum absolute atomic E-state index is 0.00541. The summed E-state index contributed by atoms with van der Waals surface area (Å²) in [6.45, 7) is 0. The van der Waals surface area contributed by atoms with Crippen LogP contribution in [0.3, 0.4) is 0 Å². The van der Waals surface area contributed by atoms with Crippen LogP contribution in [0.4, 0.5) is 5.69 Å². The van der Waals surface area contributed by atoms with Crippen LogP contribution in [0, 0.1) is 5.92 Å². The van der Waals surface area contributed by atoms with Crippen molar-refractivity contribution in [3.05, 3.63) is 28.2 Å². The van der Waals surface area contributed by atoms with E-state index in [1.54, 1.807) is 23.1 Å². The summed E-state index contributed by atoms with van der Waals surface area (Å²) in [4.78, 5) is 18.2. The van der Waals surface area contributed by atoms with Gasteiger partial charge in [0.15, 0.2) is 15.0 Å². The molecule has 1 aromatic rings. The Hall–Kier alpha value is -0.760. The summed E-state index contributed by atoms with van der Waals surface area (Å²) in [5.41, 5.74) is 0.528. The maximum absolute atomic E-state index is 12.1. The maximum Gasteiger partial charge on any atom is 0.251 e. The number of carbonyl (C=O) groups excluding carboxylic acids is 1. The third kappa shape index (κ3) is 2.96. The number of benzene rings is 1. The minimum atomic E-state index is -3.12. The number of thioether (sulfide) groups is 1. The zero-order valence-electron chi connectivity index (χ0n) is 12.5. The second-order valence-electron chi connectivity index (χ2n) is 6.25. The highest BCUT2D eigenvalue weighted by Gasteiger charge is 2.50. The van der Waals surface area contributed by atoms with Crippen molar-refractivity contribution in [3.63, 3.8) is 0 Å². The fourth-order valence-electron chi connectivity index (χ4n) is 3.06. The van der Waals surface area contributed by atoms with Crippen molar-refractivity contribution in [3.8, 4) is 0 Å². The van der Waals surface area contributed by atoms with Crippen LogP contribution in [-0.2, 0) is 14.6 Å². The molecular formula is C15H14Cl2N2O3S2. The SMILES string of the molecule is O=C(N=C1S[C@H]2CS(=O)(=O)C[C@@H]2N1c1c(Cl)cccc1Cl)C1CC1. The molecule has 3 fully saturated rings. The third-order valence-electron chi connectivity index (χ3n) is 4.38. The van der Waals surface area contributed by atoms with Crippen molar-refractivity contribution in [1.82, 2.24) is 0 Å². The van der Waals surface area contributed by atoms with Crippen LogP contribution in [0.5, 0.6) is 0 Å². The minimum Gasteiger partial charge on any atom is -0.313 e. The summed E-state index contributed by atoms with van der Waals surface area (Å²) in [6.07, 6.45) is 1.74. The lowest BCUT2D eigenvalue weighted by Crippen LogP contribution is -2.38. The van der Waals surface area contributed by atoms with Gasteiger partial charge in [0.05, 0.1) is 33.3 Å². The van der Waals surface area contributed by atoms with Gasteiger partial charge in [-0.2, -0.15) is 4.99 Å². The summed E-state index contributed by atoms with van der Waals surface area (Å²) < 4.78 is 24.1. The Kier molecular flexibility index (Phi) is 4.10. The van der Waals surface area contributed by atoms with Crippen molar-refractivity contribution >= 4 is 61.6 Å². The molecule has 0 N–H and O–H groups in total. The topological polar surface area (TPSA) is 66.8 Å². The van der Waals surface area contributed by atoms with Gasteiger partial charge in [0.1, 0.15) is 0 Å². The Labute approximate surface area is 154 Å². The average Bonchev–Trinajstić information content (AvgIpc) is 3.23. The molecule has 5 nitrogen and oxygen atoms in total. The van der Waals surface area contributed by atoms with Crippen molar-refractivity contribution in [2.75, 3.05) is 16.4 Å². The summed E-state index contributed by atoms with van der Waals surface area (Å²) in [5.74, 6) is -0.0419. The fourth-order valence-corrected chi connectivity index (χ4v) is 7.55. The molecule has 2 heterocycles. The molecule has 1 saturated carbocycles. The van der Waals surface area contributed by atoms with Crippen LogP contribution in [-0.4, -0.2) is 42.3 Å². The Morgan fingerprint density at radius 2 is 1.88 bits per heavy atom. The molecule has 0 aromatic heterocycles. The smallest absolute Gasteiger partial charge is 0.251 e. The first-order chi connectivity index (χ1) is 11.4. The van der Waals surface area contributed by atoms with E-state index in [1.165, 1.54) is 11.8 Å². The lowest BCUT2D eigenvalue weighted by Gasteiger charge is -2.26. The Balaban J connectivity index is 1.79. The first-order valence-electron chi connectivity index (χ1n) is 7.58. The van der Waals surface area contributed by atoms with E-state index in [4.69, 9.17) is 23.2 Å². The highest BCUT2D eigenvalue weighted by atomic mass is 35.5. The molecule has 2 saturated heterocycles. The van der Waals surface area contributed by atoms with Gasteiger partial charge in [-0.25, -0.2) is 8.42 Å².